The monoisotopic (exact) mass is 439 g/mol. The Morgan fingerprint density at radius 2 is 1.90 bits per heavy atom. The summed E-state index contributed by atoms with van der Waals surface area (Å²) in [4.78, 5) is 26.2. The van der Waals surface area contributed by atoms with Crippen LogP contribution in [0.15, 0.2) is 47.4 Å². The summed E-state index contributed by atoms with van der Waals surface area (Å²) >= 11 is 0. The number of sulfone groups is 1. The second-order valence-corrected chi connectivity index (χ2v) is 8.35. The molecule has 1 aromatic heterocycles. The van der Waals surface area contributed by atoms with Gasteiger partial charge in [0.25, 0.3) is 5.69 Å². The maximum atomic E-state index is 13.6. The summed E-state index contributed by atoms with van der Waals surface area (Å²) < 4.78 is 56.3. The summed E-state index contributed by atoms with van der Waals surface area (Å²) in [5.41, 5.74) is -0.664. The molecule has 0 aliphatic rings. The molecule has 3 aromatic rings. The van der Waals surface area contributed by atoms with Crippen molar-refractivity contribution in [3.05, 3.63) is 64.0 Å². The van der Waals surface area contributed by atoms with Crippen molar-refractivity contribution in [1.29, 1.82) is 0 Å². The Morgan fingerprint density at radius 3 is 2.50 bits per heavy atom. The largest absolute Gasteiger partial charge is 0.451 e. The fourth-order valence-corrected chi connectivity index (χ4v) is 3.77. The van der Waals surface area contributed by atoms with E-state index in [-0.39, 0.29) is 22.4 Å². The third kappa shape index (κ3) is 3.99. The number of imidazole rings is 1. The number of para-hydroxylation sites is 2. The number of aromatic nitrogens is 2. The molecule has 30 heavy (non-hydrogen) atoms. The minimum absolute atomic E-state index is 0.151. The molecular formula is C18H15F2N3O6S. The number of benzene rings is 2. The van der Waals surface area contributed by atoms with Gasteiger partial charge in [0.1, 0.15) is 4.90 Å². The normalized spacial score (nSPS) is 12.8. The Kier molecular flexibility index (Phi) is 5.53. The number of nitro groups is 1. The molecule has 12 heteroatoms. The van der Waals surface area contributed by atoms with Gasteiger partial charge >= 0.3 is 12.5 Å². The van der Waals surface area contributed by atoms with Crippen molar-refractivity contribution in [1.82, 2.24) is 9.55 Å². The highest BCUT2D eigenvalue weighted by atomic mass is 32.2. The zero-order valence-electron chi connectivity index (χ0n) is 15.7. The Bertz CT molecular complexity index is 1260. The highest BCUT2D eigenvalue weighted by Crippen LogP contribution is 2.30. The average Bonchev–Trinajstić information content (AvgIpc) is 3.06. The Morgan fingerprint density at radius 1 is 1.23 bits per heavy atom. The molecule has 1 atom stereocenters. The van der Waals surface area contributed by atoms with E-state index in [0.29, 0.717) is 4.57 Å². The first-order valence-electron chi connectivity index (χ1n) is 8.45. The van der Waals surface area contributed by atoms with Crippen LogP contribution in [0.5, 0.6) is 0 Å². The number of carbonyl (C=O) groups excluding carboxylic acids is 1. The molecule has 1 heterocycles. The molecule has 0 spiro atoms. The molecule has 0 bridgehead atoms. The van der Waals surface area contributed by atoms with Crippen LogP contribution in [-0.4, -0.2) is 35.1 Å². The molecule has 0 N–H and O–H groups in total. The van der Waals surface area contributed by atoms with Gasteiger partial charge in [-0.25, -0.2) is 18.2 Å². The number of carbonyl (C=O) groups is 1. The number of hydrogen-bond acceptors (Lipinski definition) is 7. The van der Waals surface area contributed by atoms with E-state index in [1.807, 2.05) is 0 Å². The number of rotatable bonds is 6. The highest BCUT2D eigenvalue weighted by Gasteiger charge is 2.27. The number of alkyl halides is 2. The minimum atomic E-state index is -3.91. The van der Waals surface area contributed by atoms with Crippen LogP contribution >= 0.6 is 0 Å². The summed E-state index contributed by atoms with van der Waals surface area (Å²) in [6, 6.07) is 8.89. The lowest BCUT2D eigenvalue weighted by Crippen LogP contribution is -2.15. The van der Waals surface area contributed by atoms with Crippen LogP contribution in [0.2, 0.25) is 0 Å². The Balaban J connectivity index is 1.95. The number of fused-ring (bicyclic) bond motifs is 1. The summed E-state index contributed by atoms with van der Waals surface area (Å²) in [5, 5.41) is 11.2. The molecule has 0 fully saturated rings. The lowest BCUT2D eigenvalue weighted by atomic mass is 10.2. The molecule has 0 aliphatic carbocycles. The molecule has 9 nitrogen and oxygen atoms in total. The quantitative estimate of drug-likeness (QED) is 0.326. The van der Waals surface area contributed by atoms with Crippen molar-refractivity contribution in [3.63, 3.8) is 0 Å². The molecule has 0 saturated carbocycles. The van der Waals surface area contributed by atoms with Gasteiger partial charge < -0.3 is 4.74 Å². The molecule has 1 unspecified atom stereocenters. The van der Waals surface area contributed by atoms with E-state index in [9.17, 15) is 32.1 Å². The van der Waals surface area contributed by atoms with Gasteiger partial charge in [-0.1, -0.05) is 12.1 Å². The number of ether oxygens (including phenoxy) is 1. The van der Waals surface area contributed by atoms with Crippen molar-refractivity contribution in [3.8, 4) is 0 Å². The first-order valence-corrected chi connectivity index (χ1v) is 10.3. The SMILES string of the molecule is CC(OC(=O)c1ccc(S(C)(=O)=O)c([N+](=O)[O-])c1)c1nc2ccccc2n1C(F)F. The number of nitro benzene ring substituents is 1. The van der Waals surface area contributed by atoms with Crippen LogP contribution in [0.4, 0.5) is 14.5 Å². The van der Waals surface area contributed by atoms with Crippen LogP contribution in [0.25, 0.3) is 11.0 Å². The standard InChI is InChI=1S/C18H15F2N3O6S/c1-10(16-21-12-5-3-4-6-13(12)22(16)18(19)20)29-17(24)11-7-8-15(30(2,27)28)14(9-11)23(25)26/h3-10,18H,1-2H3. The third-order valence-corrected chi connectivity index (χ3v) is 5.40. The summed E-state index contributed by atoms with van der Waals surface area (Å²) in [5.74, 6) is -1.26. The van der Waals surface area contributed by atoms with E-state index in [2.05, 4.69) is 4.98 Å². The predicted molar refractivity (Wildman–Crippen MR) is 101 cm³/mol. The molecule has 0 aliphatic heterocycles. The van der Waals surface area contributed by atoms with Crippen LogP contribution in [0.3, 0.4) is 0 Å². The van der Waals surface area contributed by atoms with Gasteiger partial charge in [-0.3, -0.25) is 14.7 Å². The van der Waals surface area contributed by atoms with E-state index < -0.39 is 44.0 Å². The maximum Gasteiger partial charge on any atom is 0.339 e. The molecule has 0 saturated heterocycles. The first kappa shape index (κ1) is 21.3. The van der Waals surface area contributed by atoms with Crippen LogP contribution in [0, 0.1) is 10.1 Å². The summed E-state index contributed by atoms with van der Waals surface area (Å²) in [6.45, 7) is -1.61. The van der Waals surface area contributed by atoms with Gasteiger partial charge in [0.2, 0.25) is 0 Å². The van der Waals surface area contributed by atoms with Crippen LogP contribution < -0.4 is 0 Å². The van der Waals surface area contributed by atoms with E-state index in [4.69, 9.17) is 4.74 Å². The van der Waals surface area contributed by atoms with Crippen molar-refractivity contribution in [2.24, 2.45) is 0 Å². The van der Waals surface area contributed by atoms with Gasteiger partial charge in [0, 0.05) is 12.3 Å². The van der Waals surface area contributed by atoms with Crippen LogP contribution in [0.1, 0.15) is 35.8 Å². The lowest BCUT2D eigenvalue weighted by Gasteiger charge is -2.15. The predicted octanol–water partition coefficient (Wildman–Crippen LogP) is 3.66. The van der Waals surface area contributed by atoms with Crippen molar-refractivity contribution in [2.45, 2.75) is 24.5 Å². The maximum absolute atomic E-state index is 13.6. The van der Waals surface area contributed by atoms with Gasteiger partial charge in [0.15, 0.2) is 21.8 Å². The minimum Gasteiger partial charge on any atom is -0.451 e. The second kappa shape index (κ2) is 7.78. The fraction of sp³-hybridized carbons (Fsp3) is 0.222. The van der Waals surface area contributed by atoms with Crippen LogP contribution in [-0.2, 0) is 14.6 Å². The van der Waals surface area contributed by atoms with E-state index >= 15 is 0 Å². The van der Waals surface area contributed by atoms with Gasteiger partial charge in [-0.2, -0.15) is 8.78 Å². The highest BCUT2D eigenvalue weighted by molar-refractivity contribution is 7.90. The van der Waals surface area contributed by atoms with Gasteiger partial charge in [0.05, 0.1) is 21.5 Å². The molecule has 0 radical (unpaired) electrons. The molecule has 0 amide bonds. The number of nitrogens with zero attached hydrogens (tertiary/aromatic N) is 3. The van der Waals surface area contributed by atoms with E-state index in [0.717, 1.165) is 24.5 Å². The number of halogens is 2. The van der Waals surface area contributed by atoms with E-state index in [1.54, 1.807) is 12.1 Å². The van der Waals surface area contributed by atoms with Crippen molar-refractivity contribution >= 4 is 32.5 Å². The molecule has 3 rings (SSSR count). The summed E-state index contributed by atoms with van der Waals surface area (Å²) in [6.07, 6.45) is -0.419. The first-order chi connectivity index (χ1) is 14.0. The third-order valence-electron chi connectivity index (χ3n) is 4.26. The Labute approximate surface area is 169 Å². The average molecular weight is 439 g/mol. The number of hydrogen-bond donors (Lipinski definition) is 0. The molecule has 158 valence electrons. The summed E-state index contributed by atoms with van der Waals surface area (Å²) in [7, 11) is -3.91. The lowest BCUT2D eigenvalue weighted by molar-refractivity contribution is -0.387. The van der Waals surface area contributed by atoms with E-state index in [1.165, 1.54) is 19.1 Å². The number of esters is 1. The second-order valence-electron chi connectivity index (χ2n) is 6.37. The zero-order chi connectivity index (χ0) is 22.2. The zero-order valence-corrected chi connectivity index (χ0v) is 16.5. The van der Waals surface area contributed by atoms with Gasteiger partial charge in [-0.15, -0.1) is 0 Å². The van der Waals surface area contributed by atoms with Gasteiger partial charge in [-0.05, 0) is 31.2 Å². The Hall–Kier alpha value is -3.41. The molecule has 2 aromatic carbocycles. The molecular weight excluding hydrogens is 424 g/mol. The fourth-order valence-electron chi connectivity index (χ4n) is 2.94. The van der Waals surface area contributed by atoms with Crippen molar-refractivity contribution < 1.29 is 31.7 Å². The smallest absolute Gasteiger partial charge is 0.339 e. The topological polar surface area (TPSA) is 121 Å². The van der Waals surface area contributed by atoms with Crippen molar-refractivity contribution in [2.75, 3.05) is 6.26 Å².